The van der Waals surface area contributed by atoms with E-state index in [2.05, 4.69) is 5.32 Å². The van der Waals surface area contributed by atoms with Crippen LogP contribution in [0, 0.1) is 10.1 Å². The molecule has 7 nitrogen and oxygen atoms in total. The summed E-state index contributed by atoms with van der Waals surface area (Å²) in [5.41, 5.74) is -0.120. The van der Waals surface area contributed by atoms with E-state index in [0.29, 0.717) is 25.4 Å². The van der Waals surface area contributed by atoms with E-state index in [9.17, 15) is 14.9 Å². The van der Waals surface area contributed by atoms with E-state index in [1.54, 1.807) is 4.90 Å². The maximum absolute atomic E-state index is 12.5. The van der Waals surface area contributed by atoms with Crippen molar-refractivity contribution < 1.29 is 14.5 Å². The molecule has 1 aliphatic heterocycles. The lowest BCUT2D eigenvalue weighted by Crippen LogP contribution is -2.51. The van der Waals surface area contributed by atoms with Crippen molar-refractivity contribution in [1.82, 2.24) is 10.2 Å². The van der Waals surface area contributed by atoms with Gasteiger partial charge in [0.2, 0.25) is 0 Å². The highest BCUT2D eigenvalue weighted by molar-refractivity contribution is 5.98. The van der Waals surface area contributed by atoms with Crippen molar-refractivity contribution in [2.75, 3.05) is 26.7 Å². The van der Waals surface area contributed by atoms with Crippen LogP contribution in [0.4, 0.5) is 5.69 Å². The van der Waals surface area contributed by atoms with E-state index < -0.39 is 4.92 Å². The Labute approximate surface area is 116 Å². The van der Waals surface area contributed by atoms with E-state index in [1.165, 1.54) is 25.3 Å². The van der Waals surface area contributed by atoms with Crippen LogP contribution >= 0.6 is 0 Å². The first-order valence-electron chi connectivity index (χ1n) is 6.38. The number of nitrogens with one attached hydrogen (secondary N) is 1. The Bertz CT molecular complexity index is 532. The molecule has 0 saturated carbocycles. The van der Waals surface area contributed by atoms with Crippen LogP contribution < -0.4 is 10.1 Å². The number of nitro benzene ring substituents is 1. The third-order valence-corrected chi connectivity index (χ3v) is 3.29. The lowest BCUT2D eigenvalue weighted by atomic mass is 10.1. The standard InChI is InChI=1S/C13H17N3O4/c1-9-8-15(6-5-14-9)13(17)11-7-10(20-2)3-4-12(11)16(18)19/h3-4,7,9,14H,5-6,8H2,1-2H3. The number of carbonyl (C=O) groups excluding carboxylic acids is 1. The van der Waals surface area contributed by atoms with Crippen LogP contribution in [0.2, 0.25) is 0 Å². The average Bonchev–Trinajstić information content (AvgIpc) is 2.45. The first-order valence-corrected chi connectivity index (χ1v) is 6.38. The molecule has 1 N–H and O–H groups in total. The second kappa shape index (κ2) is 5.87. The molecule has 0 aromatic heterocycles. The molecule has 7 heteroatoms. The highest BCUT2D eigenvalue weighted by Crippen LogP contribution is 2.25. The third kappa shape index (κ3) is 2.88. The van der Waals surface area contributed by atoms with Gasteiger partial charge in [0.25, 0.3) is 11.6 Å². The van der Waals surface area contributed by atoms with Crippen molar-refractivity contribution >= 4 is 11.6 Å². The highest BCUT2D eigenvalue weighted by atomic mass is 16.6. The molecule has 20 heavy (non-hydrogen) atoms. The third-order valence-electron chi connectivity index (χ3n) is 3.29. The van der Waals surface area contributed by atoms with Gasteiger partial charge in [-0.25, -0.2) is 0 Å². The number of ether oxygens (including phenoxy) is 1. The Kier molecular flexibility index (Phi) is 4.19. The first-order chi connectivity index (χ1) is 9.52. The summed E-state index contributed by atoms with van der Waals surface area (Å²) in [5.74, 6) is 0.103. The van der Waals surface area contributed by atoms with Gasteiger partial charge in [0, 0.05) is 31.7 Å². The van der Waals surface area contributed by atoms with Gasteiger partial charge in [0.1, 0.15) is 11.3 Å². The summed E-state index contributed by atoms with van der Waals surface area (Å²) in [4.78, 5) is 24.6. The van der Waals surface area contributed by atoms with Crippen LogP contribution in [-0.2, 0) is 0 Å². The molecule has 0 aliphatic carbocycles. The minimum absolute atomic E-state index is 0.0726. The number of piperazine rings is 1. The molecule has 2 rings (SSSR count). The molecule has 108 valence electrons. The van der Waals surface area contributed by atoms with Gasteiger partial charge in [-0.15, -0.1) is 0 Å². The molecule has 0 radical (unpaired) electrons. The van der Waals surface area contributed by atoms with Crippen LogP contribution in [0.5, 0.6) is 5.75 Å². The maximum Gasteiger partial charge on any atom is 0.282 e. The fourth-order valence-corrected chi connectivity index (χ4v) is 2.26. The summed E-state index contributed by atoms with van der Waals surface area (Å²) < 4.78 is 5.04. The van der Waals surface area contributed by atoms with Crippen molar-refractivity contribution in [2.45, 2.75) is 13.0 Å². The number of benzene rings is 1. The number of nitrogens with zero attached hydrogens (tertiary/aromatic N) is 2. The molecule has 1 unspecified atom stereocenters. The average molecular weight is 279 g/mol. The first kappa shape index (κ1) is 14.3. The van der Waals surface area contributed by atoms with Gasteiger partial charge in [-0.05, 0) is 19.1 Å². The fourth-order valence-electron chi connectivity index (χ4n) is 2.26. The molecular weight excluding hydrogens is 262 g/mol. The molecule has 0 spiro atoms. The van der Waals surface area contributed by atoms with Gasteiger partial charge in [0.05, 0.1) is 12.0 Å². The second-order valence-corrected chi connectivity index (χ2v) is 4.75. The largest absolute Gasteiger partial charge is 0.497 e. The number of hydrogen-bond donors (Lipinski definition) is 1. The van der Waals surface area contributed by atoms with Gasteiger partial charge >= 0.3 is 0 Å². The lowest BCUT2D eigenvalue weighted by molar-refractivity contribution is -0.385. The molecule has 0 bridgehead atoms. The zero-order chi connectivity index (χ0) is 14.7. The number of hydrogen-bond acceptors (Lipinski definition) is 5. The molecule has 1 saturated heterocycles. The van der Waals surface area contributed by atoms with E-state index in [4.69, 9.17) is 4.74 Å². The Morgan fingerprint density at radius 1 is 1.55 bits per heavy atom. The quantitative estimate of drug-likeness (QED) is 0.660. The fraction of sp³-hybridized carbons (Fsp3) is 0.462. The van der Waals surface area contributed by atoms with Crippen LogP contribution in [0.15, 0.2) is 18.2 Å². The monoisotopic (exact) mass is 279 g/mol. The zero-order valence-corrected chi connectivity index (χ0v) is 11.5. The zero-order valence-electron chi connectivity index (χ0n) is 11.5. The number of carbonyl (C=O) groups is 1. The summed E-state index contributed by atoms with van der Waals surface area (Å²) in [5, 5.41) is 14.3. The smallest absolute Gasteiger partial charge is 0.282 e. The van der Waals surface area contributed by atoms with E-state index in [1.807, 2.05) is 6.92 Å². The van der Waals surface area contributed by atoms with Crippen molar-refractivity contribution in [3.05, 3.63) is 33.9 Å². The number of rotatable bonds is 3. The van der Waals surface area contributed by atoms with E-state index >= 15 is 0 Å². The van der Waals surface area contributed by atoms with Crippen LogP contribution in [-0.4, -0.2) is 48.5 Å². The summed E-state index contributed by atoms with van der Waals surface area (Å²) in [6, 6.07) is 4.39. The molecule has 1 heterocycles. The number of methoxy groups -OCH3 is 1. The maximum atomic E-state index is 12.5. The summed E-state index contributed by atoms with van der Waals surface area (Å²) in [7, 11) is 1.46. The highest BCUT2D eigenvalue weighted by Gasteiger charge is 2.27. The topological polar surface area (TPSA) is 84.7 Å². The minimum Gasteiger partial charge on any atom is -0.497 e. The Balaban J connectivity index is 2.34. The summed E-state index contributed by atoms with van der Waals surface area (Å²) in [6.45, 7) is 3.73. The SMILES string of the molecule is COc1ccc([N+](=O)[O-])c(C(=O)N2CCNC(C)C2)c1. The summed E-state index contributed by atoms with van der Waals surface area (Å²) in [6.07, 6.45) is 0. The molecule has 1 aromatic rings. The molecule has 1 fully saturated rings. The van der Waals surface area contributed by atoms with Crippen molar-refractivity contribution in [3.63, 3.8) is 0 Å². The molecule has 1 amide bonds. The van der Waals surface area contributed by atoms with Gasteiger partial charge < -0.3 is 15.0 Å². The van der Waals surface area contributed by atoms with Gasteiger partial charge in [0.15, 0.2) is 0 Å². The van der Waals surface area contributed by atoms with Gasteiger partial charge in [-0.2, -0.15) is 0 Å². The van der Waals surface area contributed by atoms with Gasteiger partial charge in [-0.1, -0.05) is 0 Å². The predicted octanol–water partition coefficient (Wildman–Crippen LogP) is 1.04. The van der Waals surface area contributed by atoms with Crippen molar-refractivity contribution in [3.8, 4) is 5.75 Å². The molecule has 1 aliphatic rings. The molecule has 1 aromatic carbocycles. The lowest BCUT2D eigenvalue weighted by Gasteiger charge is -2.31. The Morgan fingerprint density at radius 2 is 2.30 bits per heavy atom. The Morgan fingerprint density at radius 3 is 2.90 bits per heavy atom. The number of nitro groups is 1. The van der Waals surface area contributed by atoms with Gasteiger partial charge in [-0.3, -0.25) is 14.9 Å². The van der Waals surface area contributed by atoms with Crippen LogP contribution in [0.25, 0.3) is 0 Å². The summed E-state index contributed by atoms with van der Waals surface area (Å²) >= 11 is 0. The van der Waals surface area contributed by atoms with Crippen LogP contribution in [0.3, 0.4) is 0 Å². The predicted molar refractivity (Wildman–Crippen MR) is 73.0 cm³/mol. The van der Waals surface area contributed by atoms with E-state index in [-0.39, 0.29) is 23.2 Å². The Hall–Kier alpha value is -2.15. The van der Waals surface area contributed by atoms with Crippen LogP contribution in [0.1, 0.15) is 17.3 Å². The number of amides is 1. The van der Waals surface area contributed by atoms with Crippen molar-refractivity contribution in [1.29, 1.82) is 0 Å². The minimum atomic E-state index is -0.543. The second-order valence-electron chi connectivity index (χ2n) is 4.75. The van der Waals surface area contributed by atoms with E-state index in [0.717, 1.165) is 0 Å². The normalized spacial score (nSPS) is 18.7. The molecule has 1 atom stereocenters. The molecular formula is C13H17N3O4. The van der Waals surface area contributed by atoms with Crippen molar-refractivity contribution in [2.24, 2.45) is 0 Å².